The number of ketones is 2. The number of halogens is 1. The molecule has 6 atom stereocenters. The number of nitrogens with zero attached hydrogens (tertiary/aromatic N) is 1. The van der Waals surface area contributed by atoms with Crippen molar-refractivity contribution < 1.29 is 24.3 Å². The minimum Gasteiger partial charge on any atom is -0.507 e. The molecular formula is C43H34INO5. The number of phenolic OH excluding ortho intramolecular Hbond substituents is 1. The van der Waals surface area contributed by atoms with Gasteiger partial charge in [-0.1, -0.05) is 96.6 Å². The molecule has 4 aromatic carbocycles. The number of para-hydroxylation sites is 1. The zero-order chi connectivity index (χ0) is 34.7. The minimum absolute atomic E-state index is 0.0440. The number of anilines is 1. The van der Waals surface area contributed by atoms with E-state index in [4.69, 9.17) is 0 Å². The third-order valence-corrected chi connectivity index (χ3v) is 12.0. The molecule has 1 saturated heterocycles. The summed E-state index contributed by atoms with van der Waals surface area (Å²) in [5.74, 6) is -4.38. The van der Waals surface area contributed by atoms with Gasteiger partial charge in [0.15, 0.2) is 11.6 Å². The van der Waals surface area contributed by atoms with Gasteiger partial charge >= 0.3 is 0 Å². The summed E-state index contributed by atoms with van der Waals surface area (Å²) in [6, 6.07) is 31.5. The molecule has 2 amide bonds. The van der Waals surface area contributed by atoms with E-state index in [1.165, 1.54) is 11.0 Å². The summed E-state index contributed by atoms with van der Waals surface area (Å²) in [5.41, 5.74) is 2.79. The number of allylic oxidation sites excluding steroid dienone is 5. The van der Waals surface area contributed by atoms with Gasteiger partial charge in [-0.3, -0.25) is 24.1 Å². The lowest BCUT2D eigenvalue weighted by Gasteiger charge is -2.55. The molecule has 4 aromatic rings. The fourth-order valence-electron chi connectivity index (χ4n) is 9.23. The highest BCUT2D eigenvalue weighted by atomic mass is 127. The maximum atomic E-state index is 15.2. The Bertz CT molecular complexity index is 2140. The summed E-state index contributed by atoms with van der Waals surface area (Å²) < 4.78 is 0.987. The van der Waals surface area contributed by atoms with E-state index >= 15 is 9.59 Å². The first-order valence-corrected chi connectivity index (χ1v) is 18.0. The molecule has 0 spiro atoms. The third kappa shape index (κ3) is 4.73. The Kier molecular flexibility index (Phi) is 8.06. The second kappa shape index (κ2) is 12.5. The van der Waals surface area contributed by atoms with Crippen LogP contribution in [0.15, 0.2) is 134 Å². The van der Waals surface area contributed by atoms with Gasteiger partial charge in [0.1, 0.15) is 5.75 Å². The van der Waals surface area contributed by atoms with Gasteiger partial charge in [-0.05, 0) is 94.8 Å². The zero-order valence-corrected chi connectivity index (χ0v) is 29.3. The molecule has 1 N–H and O–H groups in total. The largest absolute Gasteiger partial charge is 0.507 e. The molecule has 6 unspecified atom stereocenters. The number of fused-ring (bicyclic) bond motifs is 4. The molecule has 1 saturated carbocycles. The van der Waals surface area contributed by atoms with Gasteiger partial charge in [0.05, 0.1) is 22.9 Å². The maximum absolute atomic E-state index is 15.2. The summed E-state index contributed by atoms with van der Waals surface area (Å²) in [6.07, 6.45) is 6.16. The van der Waals surface area contributed by atoms with E-state index < -0.39 is 35.0 Å². The minimum atomic E-state index is -1.41. The summed E-state index contributed by atoms with van der Waals surface area (Å²) in [5, 5.41) is 12.0. The van der Waals surface area contributed by atoms with Crippen molar-refractivity contribution in [2.75, 3.05) is 4.90 Å². The number of rotatable bonds is 6. The average molecular weight is 772 g/mol. The van der Waals surface area contributed by atoms with E-state index in [2.05, 4.69) is 29.2 Å². The van der Waals surface area contributed by atoms with E-state index in [9.17, 15) is 14.7 Å². The van der Waals surface area contributed by atoms with Crippen LogP contribution in [-0.2, 0) is 31.0 Å². The highest BCUT2D eigenvalue weighted by Gasteiger charge is 2.66. The van der Waals surface area contributed by atoms with Crippen molar-refractivity contribution in [3.05, 3.63) is 159 Å². The molecule has 4 aliphatic rings. The van der Waals surface area contributed by atoms with Crippen LogP contribution >= 0.6 is 22.6 Å². The standard InChI is InChI=1S/C43H34INO5/c1-2-10-26-13-9-16-32(39(26)47)38-30-21-22-31-37(42(50)45(41(31)49)29-19-17-28(44)18-20-29)34(30)23-35-40(48)33(25-11-5-3-6-12-25)24-36(46)43(35,38)27-14-7-4-8-15-27/h2-9,11-21,24,31,34-35,37-38,47H,1,10,22-23H2. The molecule has 0 bridgehead atoms. The van der Waals surface area contributed by atoms with E-state index in [0.717, 1.165) is 9.14 Å². The number of amides is 2. The first-order valence-electron chi connectivity index (χ1n) is 16.9. The number of carbonyl (C=O) groups excluding carboxylic acids is 4. The second-order valence-electron chi connectivity index (χ2n) is 13.6. The van der Waals surface area contributed by atoms with Crippen molar-refractivity contribution >= 4 is 57.2 Å². The Hall–Kier alpha value is -4.89. The fourth-order valence-corrected chi connectivity index (χ4v) is 9.59. The fraction of sp³-hybridized carbons (Fsp3) is 0.209. The van der Waals surface area contributed by atoms with Crippen LogP contribution in [0.3, 0.4) is 0 Å². The van der Waals surface area contributed by atoms with E-state index in [1.54, 1.807) is 18.2 Å². The maximum Gasteiger partial charge on any atom is 0.238 e. The molecule has 0 radical (unpaired) electrons. The van der Waals surface area contributed by atoms with Crippen LogP contribution in [0.25, 0.3) is 5.57 Å². The molecule has 50 heavy (non-hydrogen) atoms. The number of aromatic hydroxyl groups is 1. The molecular weight excluding hydrogens is 737 g/mol. The number of hydrogen-bond donors (Lipinski definition) is 1. The van der Waals surface area contributed by atoms with Gasteiger partial charge < -0.3 is 5.11 Å². The Labute approximate surface area is 304 Å². The van der Waals surface area contributed by atoms with Crippen LogP contribution in [0.5, 0.6) is 5.75 Å². The van der Waals surface area contributed by atoms with Crippen LogP contribution in [0.1, 0.15) is 41.0 Å². The topological polar surface area (TPSA) is 91.8 Å². The summed E-state index contributed by atoms with van der Waals surface area (Å²) in [7, 11) is 0. The lowest BCUT2D eigenvalue weighted by atomic mass is 9.44. The normalized spacial score (nSPS) is 27.2. The molecule has 3 aliphatic carbocycles. The van der Waals surface area contributed by atoms with Crippen molar-refractivity contribution in [3.63, 3.8) is 0 Å². The van der Waals surface area contributed by atoms with Crippen LogP contribution < -0.4 is 4.90 Å². The van der Waals surface area contributed by atoms with Crippen molar-refractivity contribution in [1.29, 1.82) is 0 Å². The number of hydrogen-bond acceptors (Lipinski definition) is 5. The van der Waals surface area contributed by atoms with Crippen molar-refractivity contribution in [1.82, 2.24) is 0 Å². The predicted molar refractivity (Wildman–Crippen MR) is 200 cm³/mol. The zero-order valence-electron chi connectivity index (χ0n) is 27.2. The van der Waals surface area contributed by atoms with E-state index in [0.29, 0.717) is 46.4 Å². The third-order valence-electron chi connectivity index (χ3n) is 11.3. The van der Waals surface area contributed by atoms with Crippen molar-refractivity contribution in [3.8, 4) is 5.75 Å². The number of carbonyl (C=O) groups is 4. The monoisotopic (exact) mass is 771 g/mol. The smallest absolute Gasteiger partial charge is 0.238 e. The van der Waals surface area contributed by atoms with E-state index in [1.807, 2.05) is 97.1 Å². The molecule has 2 fully saturated rings. The number of Topliss-reactive ketones (excluding diaryl/α,β-unsaturated/α-hetero) is 1. The Morgan fingerprint density at radius 2 is 1.54 bits per heavy atom. The number of phenols is 1. The molecule has 1 aliphatic heterocycles. The first-order chi connectivity index (χ1) is 24.3. The quantitative estimate of drug-likeness (QED) is 0.123. The first kappa shape index (κ1) is 32.3. The van der Waals surface area contributed by atoms with Gasteiger partial charge in [0.25, 0.3) is 0 Å². The van der Waals surface area contributed by atoms with Crippen molar-refractivity contribution in [2.45, 2.75) is 30.6 Å². The van der Waals surface area contributed by atoms with Gasteiger partial charge in [0, 0.05) is 26.5 Å². The van der Waals surface area contributed by atoms with Crippen LogP contribution in [0, 0.1) is 27.2 Å². The van der Waals surface area contributed by atoms with Crippen LogP contribution in [0.2, 0.25) is 0 Å². The summed E-state index contributed by atoms with van der Waals surface area (Å²) in [6.45, 7) is 3.88. The van der Waals surface area contributed by atoms with Gasteiger partial charge in [-0.15, -0.1) is 6.58 Å². The highest BCUT2D eigenvalue weighted by molar-refractivity contribution is 14.1. The van der Waals surface area contributed by atoms with Gasteiger partial charge in [-0.2, -0.15) is 0 Å². The number of benzene rings is 4. The molecule has 1 heterocycles. The van der Waals surface area contributed by atoms with Crippen LogP contribution in [-0.4, -0.2) is 28.5 Å². The average Bonchev–Trinajstić information content (AvgIpc) is 3.40. The molecule has 248 valence electrons. The molecule has 0 aromatic heterocycles. The van der Waals surface area contributed by atoms with Gasteiger partial charge in [-0.25, -0.2) is 0 Å². The van der Waals surface area contributed by atoms with Gasteiger partial charge in [0.2, 0.25) is 11.8 Å². The molecule has 8 rings (SSSR count). The summed E-state index contributed by atoms with van der Waals surface area (Å²) in [4.78, 5) is 60.1. The van der Waals surface area contributed by atoms with Crippen LogP contribution in [0.4, 0.5) is 5.69 Å². The summed E-state index contributed by atoms with van der Waals surface area (Å²) >= 11 is 2.19. The Balaban J connectivity index is 1.38. The highest BCUT2D eigenvalue weighted by Crippen LogP contribution is 2.64. The number of imide groups is 1. The molecule has 7 heteroatoms. The predicted octanol–water partition coefficient (Wildman–Crippen LogP) is 7.75. The van der Waals surface area contributed by atoms with Crippen molar-refractivity contribution in [2.24, 2.45) is 23.7 Å². The Morgan fingerprint density at radius 1 is 0.840 bits per heavy atom. The Morgan fingerprint density at radius 3 is 2.24 bits per heavy atom. The SMILES string of the molecule is C=CCc1cccc(C2C3=CCC4C(=O)N(c5ccc(I)cc5)C(=O)C4C3CC3C(=O)C(c4ccccc4)=CC(=O)C32c2ccccc2)c1O. The molecule has 6 nitrogen and oxygen atoms in total. The lowest BCUT2D eigenvalue weighted by Crippen LogP contribution is -2.58. The van der Waals surface area contributed by atoms with E-state index in [-0.39, 0.29) is 35.6 Å². The lowest BCUT2D eigenvalue weighted by molar-refractivity contribution is -0.135. The second-order valence-corrected chi connectivity index (χ2v) is 14.9.